The van der Waals surface area contributed by atoms with Gasteiger partial charge in [0, 0.05) is 12.1 Å². The summed E-state index contributed by atoms with van der Waals surface area (Å²) < 4.78 is 39.9. The number of rotatable bonds is 7. The summed E-state index contributed by atoms with van der Waals surface area (Å²) >= 11 is 0. The summed E-state index contributed by atoms with van der Waals surface area (Å²) in [7, 11) is 0.386. The highest BCUT2D eigenvalue weighted by molar-refractivity contribution is 7.89. The zero-order valence-electron chi connectivity index (χ0n) is 12.5. The maximum atomic E-state index is 13.4. The smallest absolute Gasteiger partial charge is 0.211 e. The first-order chi connectivity index (χ1) is 9.14. The Balaban J connectivity index is 2.57. The van der Waals surface area contributed by atoms with Crippen molar-refractivity contribution in [1.82, 2.24) is 9.62 Å². The fraction of sp³-hybridized carbons (Fsp3) is 0.571. The van der Waals surface area contributed by atoms with Gasteiger partial charge in [0.2, 0.25) is 10.0 Å². The first kappa shape index (κ1) is 17.1. The van der Waals surface area contributed by atoms with E-state index < -0.39 is 10.0 Å². The van der Waals surface area contributed by atoms with Gasteiger partial charge in [-0.05, 0) is 46.0 Å². The van der Waals surface area contributed by atoms with Crippen LogP contribution in [0.1, 0.15) is 19.4 Å². The van der Waals surface area contributed by atoms with Crippen molar-refractivity contribution < 1.29 is 12.8 Å². The van der Waals surface area contributed by atoms with Crippen molar-refractivity contribution in [3.63, 3.8) is 0 Å². The first-order valence-corrected chi connectivity index (χ1v) is 8.17. The van der Waals surface area contributed by atoms with Crippen LogP contribution >= 0.6 is 0 Å². The van der Waals surface area contributed by atoms with Gasteiger partial charge < -0.3 is 4.90 Å². The summed E-state index contributed by atoms with van der Waals surface area (Å²) in [5.74, 6) is -0.478. The van der Waals surface area contributed by atoms with E-state index in [2.05, 4.69) is 4.72 Å². The van der Waals surface area contributed by atoms with Crippen molar-refractivity contribution in [2.45, 2.75) is 25.8 Å². The van der Waals surface area contributed by atoms with Crippen LogP contribution in [-0.2, 0) is 16.4 Å². The van der Waals surface area contributed by atoms with Crippen LogP contribution in [0, 0.1) is 5.82 Å². The van der Waals surface area contributed by atoms with Crippen molar-refractivity contribution in [2.24, 2.45) is 0 Å². The molecule has 0 spiro atoms. The van der Waals surface area contributed by atoms with E-state index in [9.17, 15) is 12.8 Å². The van der Waals surface area contributed by atoms with Crippen molar-refractivity contribution in [1.29, 1.82) is 0 Å². The predicted octanol–water partition coefficient (Wildman–Crippen LogP) is 1.63. The fourth-order valence-corrected chi connectivity index (χ4v) is 2.67. The molecule has 1 aromatic carbocycles. The standard InChI is InChI=1S/C14H23FN2O2S/c1-14(2,17(3)4)11-16-20(18,19)10-9-12-7-5-6-8-13(12)15/h5-8,16H,9-11H2,1-4H3. The van der Waals surface area contributed by atoms with Crippen molar-refractivity contribution in [3.8, 4) is 0 Å². The van der Waals surface area contributed by atoms with E-state index in [4.69, 9.17) is 0 Å². The molecule has 0 unspecified atom stereocenters. The minimum Gasteiger partial charge on any atom is -0.303 e. The molecule has 1 N–H and O–H groups in total. The molecule has 0 bridgehead atoms. The van der Waals surface area contributed by atoms with E-state index in [-0.39, 0.29) is 23.5 Å². The molecule has 6 heteroatoms. The highest BCUT2D eigenvalue weighted by Gasteiger charge is 2.23. The van der Waals surface area contributed by atoms with Crippen molar-refractivity contribution in [2.75, 3.05) is 26.4 Å². The topological polar surface area (TPSA) is 49.4 Å². The maximum Gasteiger partial charge on any atom is 0.211 e. The van der Waals surface area contributed by atoms with E-state index >= 15 is 0 Å². The van der Waals surface area contributed by atoms with Gasteiger partial charge >= 0.3 is 0 Å². The predicted molar refractivity (Wildman–Crippen MR) is 79.7 cm³/mol. The molecule has 20 heavy (non-hydrogen) atoms. The van der Waals surface area contributed by atoms with Gasteiger partial charge in [0.1, 0.15) is 5.82 Å². The van der Waals surface area contributed by atoms with Crippen molar-refractivity contribution in [3.05, 3.63) is 35.6 Å². The molecular formula is C14H23FN2O2S. The second-order valence-corrected chi connectivity index (χ2v) is 7.61. The third-order valence-corrected chi connectivity index (χ3v) is 4.86. The number of sulfonamides is 1. The second-order valence-electron chi connectivity index (χ2n) is 5.69. The monoisotopic (exact) mass is 302 g/mol. The van der Waals surface area contributed by atoms with Crippen LogP contribution in [0.2, 0.25) is 0 Å². The number of aryl methyl sites for hydroxylation is 1. The Morgan fingerprint density at radius 2 is 1.85 bits per heavy atom. The molecule has 0 heterocycles. The number of nitrogens with zero attached hydrogens (tertiary/aromatic N) is 1. The van der Waals surface area contributed by atoms with Crippen LogP contribution < -0.4 is 4.72 Å². The lowest BCUT2D eigenvalue weighted by Gasteiger charge is -2.32. The van der Waals surface area contributed by atoms with Gasteiger partial charge in [0.25, 0.3) is 0 Å². The van der Waals surface area contributed by atoms with Crippen LogP contribution in [-0.4, -0.2) is 45.2 Å². The normalized spacial score (nSPS) is 12.9. The van der Waals surface area contributed by atoms with E-state index in [0.717, 1.165) is 0 Å². The molecule has 0 saturated carbocycles. The van der Waals surface area contributed by atoms with E-state index in [1.54, 1.807) is 18.2 Å². The summed E-state index contributed by atoms with van der Waals surface area (Å²) in [6, 6.07) is 6.23. The Bertz CT molecular complexity index is 542. The number of nitrogens with one attached hydrogen (secondary N) is 1. The van der Waals surface area contributed by atoms with Gasteiger partial charge in [-0.15, -0.1) is 0 Å². The molecule has 0 radical (unpaired) electrons. The lowest BCUT2D eigenvalue weighted by Crippen LogP contribution is -2.48. The lowest BCUT2D eigenvalue weighted by atomic mass is 10.1. The molecule has 1 rings (SSSR count). The number of likely N-dealkylation sites (N-methyl/N-ethyl adjacent to an activating group) is 1. The number of hydrogen-bond acceptors (Lipinski definition) is 3. The Morgan fingerprint density at radius 1 is 1.25 bits per heavy atom. The van der Waals surface area contributed by atoms with Gasteiger partial charge in [-0.1, -0.05) is 18.2 Å². The zero-order chi connectivity index (χ0) is 15.4. The van der Waals surface area contributed by atoms with Gasteiger partial charge in [0.05, 0.1) is 5.75 Å². The Labute approximate surface area is 121 Å². The third kappa shape index (κ3) is 5.19. The fourth-order valence-electron chi connectivity index (χ4n) is 1.46. The van der Waals surface area contributed by atoms with Crippen LogP contribution in [0.25, 0.3) is 0 Å². The molecular weight excluding hydrogens is 279 g/mol. The van der Waals surface area contributed by atoms with E-state index in [0.29, 0.717) is 12.1 Å². The Hall–Kier alpha value is -0.980. The summed E-state index contributed by atoms with van der Waals surface area (Å²) in [5.41, 5.74) is 0.148. The summed E-state index contributed by atoms with van der Waals surface area (Å²) in [4.78, 5) is 1.95. The quantitative estimate of drug-likeness (QED) is 0.833. The maximum absolute atomic E-state index is 13.4. The van der Waals surface area contributed by atoms with Crippen LogP contribution in [0.4, 0.5) is 4.39 Å². The zero-order valence-corrected chi connectivity index (χ0v) is 13.3. The minimum absolute atomic E-state index is 0.114. The third-order valence-electron chi connectivity index (χ3n) is 3.53. The summed E-state index contributed by atoms with van der Waals surface area (Å²) in [6.07, 6.45) is 0.171. The SMILES string of the molecule is CN(C)C(C)(C)CNS(=O)(=O)CCc1ccccc1F. The molecule has 0 fully saturated rings. The number of hydrogen-bond donors (Lipinski definition) is 1. The van der Waals surface area contributed by atoms with E-state index in [1.807, 2.05) is 32.8 Å². The molecule has 1 aromatic rings. The first-order valence-electron chi connectivity index (χ1n) is 6.52. The molecule has 114 valence electrons. The minimum atomic E-state index is -3.41. The van der Waals surface area contributed by atoms with Crippen molar-refractivity contribution >= 4 is 10.0 Å². The summed E-state index contributed by atoms with van der Waals surface area (Å²) in [5, 5.41) is 0. The van der Waals surface area contributed by atoms with Gasteiger partial charge in [0.15, 0.2) is 0 Å². The van der Waals surface area contributed by atoms with E-state index in [1.165, 1.54) is 6.07 Å². The molecule has 0 aliphatic rings. The average molecular weight is 302 g/mol. The van der Waals surface area contributed by atoms with Crippen LogP contribution in [0.5, 0.6) is 0 Å². The van der Waals surface area contributed by atoms with Gasteiger partial charge in [-0.3, -0.25) is 0 Å². The van der Waals surface area contributed by atoms with Gasteiger partial charge in [-0.2, -0.15) is 0 Å². The number of benzene rings is 1. The molecule has 4 nitrogen and oxygen atoms in total. The summed E-state index contributed by atoms with van der Waals surface area (Å²) in [6.45, 7) is 4.22. The van der Waals surface area contributed by atoms with Gasteiger partial charge in [-0.25, -0.2) is 17.5 Å². The largest absolute Gasteiger partial charge is 0.303 e. The van der Waals surface area contributed by atoms with Crippen LogP contribution in [0.3, 0.4) is 0 Å². The van der Waals surface area contributed by atoms with Crippen LogP contribution in [0.15, 0.2) is 24.3 Å². The Morgan fingerprint density at radius 3 is 2.40 bits per heavy atom. The highest BCUT2D eigenvalue weighted by Crippen LogP contribution is 2.10. The Kier molecular flexibility index (Phi) is 5.68. The molecule has 0 atom stereocenters. The molecule has 0 aliphatic heterocycles. The highest BCUT2D eigenvalue weighted by atomic mass is 32.2. The number of halogens is 1. The molecule has 0 aliphatic carbocycles. The molecule has 0 saturated heterocycles. The lowest BCUT2D eigenvalue weighted by molar-refractivity contribution is 0.199. The average Bonchev–Trinajstić information content (AvgIpc) is 2.36. The second kappa shape index (κ2) is 6.65. The molecule has 0 aromatic heterocycles. The molecule has 0 amide bonds.